The molecule has 0 saturated carbocycles. The summed E-state index contributed by atoms with van der Waals surface area (Å²) in [5.41, 5.74) is 1.40. The molecule has 1 amide bonds. The molecule has 1 saturated heterocycles. The molecule has 2 aromatic carbocycles. The van der Waals surface area contributed by atoms with Crippen molar-refractivity contribution in [3.05, 3.63) is 75.9 Å². The summed E-state index contributed by atoms with van der Waals surface area (Å²) in [7, 11) is -3.31. The number of anilines is 1. The van der Waals surface area contributed by atoms with E-state index in [0.29, 0.717) is 30.5 Å². The van der Waals surface area contributed by atoms with Crippen LogP contribution in [0.4, 0.5) is 10.1 Å². The largest absolute Gasteiger partial charge is 0.379 e. The molecular formula is C23H26ClFN2O4S. The fourth-order valence-electron chi connectivity index (χ4n) is 3.55. The van der Waals surface area contributed by atoms with E-state index in [0.717, 1.165) is 23.6 Å². The smallest absolute Gasteiger partial charge is 0.254 e. The molecule has 2 atom stereocenters. The van der Waals surface area contributed by atoms with Gasteiger partial charge in [-0.1, -0.05) is 35.9 Å². The Morgan fingerprint density at radius 2 is 2.06 bits per heavy atom. The predicted octanol–water partition coefficient (Wildman–Crippen LogP) is 4.12. The fraction of sp³-hybridized carbons (Fsp3) is 0.348. The van der Waals surface area contributed by atoms with Crippen LogP contribution in [-0.2, 0) is 14.6 Å². The highest BCUT2D eigenvalue weighted by Crippen LogP contribution is 2.34. The van der Waals surface area contributed by atoms with Gasteiger partial charge >= 0.3 is 0 Å². The zero-order valence-electron chi connectivity index (χ0n) is 17.9. The number of hydrogen-bond donors (Lipinski definition) is 1. The van der Waals surface area contributed by atoms with E-state index < -0.39 is 27.6 Å². The van der Waals surface area contributed by atoms with E-state index in [1.165, 1.54) is 18.2 Å². The van der Waals surface area contributed by atoms with Crippen LogP contribution >= 0.6 is 11.6 Å². The maximum atomic E-state index is 14.9. The summed E-state index contributed by atoms with van der Waals surface area (Å²) >= 11 is 6.41. The standard InChI is InChI=1S/C23H26ClFN2O4S/c1-16(10-13-32(2,29)30)26-23(28)19-9-8-17(14-21(19)25)27-11-5-12-31-15-22(27)18-6-3-4-7-20(18)24/h3-4,6-10,13-14,16,22H,5,11-12,15H2,1-2H3,(H,26,28)/b13-10+/t16-,22+/m1/s1. The first kappa shape index (κ1) is 24.2. The van der Waals surface area contributed by atoms with Gasteiger partial charge in [0.05, 0.1) is 18.2 Å². The molecule has 1 fully saturated rings. The third-order valence-electron chi connectivity index (χ3n) is 5.11. The van der Waals surface area contributed by atoms with E-state index in [9.17, 15) is 17.6 Å². The summed E-state index contributed by atoms with van der Waals surface area (Å²) < 4.78 is 43.1. The Morgan fingerprint density at radius 3 is 2.75 bits per heavy atom. The van der Waals surface area contributed by atoms with Crippen molar-refractivity contribution in [2.45, 2.75) is 25.4 Å². The number of amides is 1. The molecule has 6 nitrogen and oxygen atoms in total. The second kappa shape index (κ2) is 10.5. The Bertz CT molecular complexity index is 1110. The number of benzene rings is 2. The number of ether oxygens (including phenoxy) is 1. The number of carbonyl (C=O) groups excluding carboxylic acids is 1. The molecule has 3 rings (SSSR count). The number of hydrogen-bond acceptors (Lipinski definition) is 5. The average molecular weight is 481 g/mol. The van der Waals surface area contributed by atoms with E-state index in [1.54, 1.807) is 13.0 Å². The molecule has 32 heavy (non-hydrogen) atoms. The van der Waals surface area contributed by atoms with Crippen LogP contribution in [0, 0.1) is 5.82 Å². The molecule has 1 aliphatic heterocycles. The number of nitrogens with zero attached hydrogens (tertiary/aromatic N) is 1. The molecule has 1 N–H and O–H groups in total. The SMILES string of the molecule is C[C@H](/C=C/S(C)(=O)=O)NC(=O)c1ccc(N2CCCOC[C@H]2c2ccccc2Cl)cc1F. The maximum Gasteiger partial charge on any atom is 0.254 e. The van der Waals surface area contributed by atoms with Crippen LogP contribution < -0.4 is 10.2 Å². The van der Waals surface area contributed by atoms with Crippen molar-refractivity contribution in [2.75, 3.05) is 30.9 Å². The Hall–Kier alpha value is -2.42. The lowest BCUT2D eigenvalue weighted by molar-refractivity contribution is 0.0943. The predicted molar refractivity (Wildman–Crippen MR) is 124 cm³/mol. The normalized spacial score (nSPS) is 18.4. The highest BCUT2D eigenvalue weighted by Gasteiger charge is 2.26. The van der Waals surface area contributed by atoms with Gasteiger partial charge in [-0.2, -0.15) is 0 Å². The molecular weight excluding hydrogens is 455 g/mol. The molecule has 1 aliphatic rings. The molecule has 172 valence electrons. The molecule has 9 heteroatoms. The summed E-state index contributed by atoms with van der Waals surface area (Å²) in [5.74, 6) is -1.29. The summed E-state index contributed by atoms with van der Waals surface area (Å²) in [6, 6.07) is 11.2. The van der Waals surface area contributed by atoms with Gasteiger partial charge in [-0.25, -0.2) is 12.8 Å². The lowest BCUT2D eigenvalue weighted by atomic mass is 10.0. The molecule has 1 heterocycles. The monoisotopic (exact) mass is 480 g/mol. The summed E-state index contributed by atoms with van der Waals surface area (Å²) in [5, 5.41) is 4.20. The van der Waals surface area contributed by atoms with Gasteiger partial charge in [0.25, 0.3) is 5.91 Å². The summed E-state index contributed by atoms with van der Waals surface area (Å²) in [4.78, 5) is 14.5. The van der Waals surface area contributed by atoms with Gasteiger partial charge in [-0.15, -0.1) is 0 Å². The first-order valence-corrected chi connectivity index (χ1v) is 12.6. The van der Waals surface area contributed by atoms with E-state index in [-0.39, 0.29) is 11.6 Å². The van der Waals surface area contributed by atoms with Gasteiger partial charge in [-0.3, -0.25) is 4.79 Å². The second-order valence-electron chi connectivity index (χ2n) is 7.74. The van der Waals surface area contributed by atoms with Gasteiger partial charge in [0.15, 0.2) is 9.84 Å². The van der Waals surface area contributed by atoms with Crippen molar-refractivity contribution in [1.82, 2.24) is 5.32 Å². The number of carbonyl (C=O) groups is 1. The van der Waals surface area contributed by atoms with Gasteiger partial charge in [-0.05, 0) is 43.2 Å². The Balaban J connectivity index is 1.83. The third kappa shape index (κ3) is 6.31. The van der Waals surface area contributed by atoms with Crippen molar-refractivity contribution < 1.29 is 22.3 Å². The molecule has 0 unspecified atom stereocenters. The van der Waals surface area contributed by atoms with Gasteiger partial charge < -0.3 is 15.0 Å². The van der Waals surface area contributed by atoms with Crippen molar-refractivity contribution in [1.29, 1.82) is 0 Å². The molecule has 2 aromatic rings. The number of sulfone groups is 1. The number of halogens is 2. The van der Waals surface area contributed by atoms with E-state index in [2.05, 4.69) is 5.32 Å². The third-order valence-corrected chi connectivity index (χ3v) is 6.10. The van der Waals surface area contributed by atoms with E-state index >= 15 is 0 Å². The Morgan fingerprint density at radius 1 is 1.31 bits per heavy atom. The Labute approximate surface area is 192 Å². The van der Waals surface area contributed by atoms with Crippen molar-refractivity contribution in [3.8, 4) is 0 Å². The first-order valence-electron chi connectivity index (χ1n) is 10.2. The minimum Gasteiger partial charge on any atom is -0.379 e. The lowest BCUT2D eigenvalue weighted by Crippen LogP contribution is -2.33. The van der Waals surface area contributed by atoms with E-state index in [4.69, 9.17) is 16.3 Å². The van der Waals surface area contributed by atoms with Crippen LogP contribution in [0.2, 0.25) is 5.02 Å². The van der Waals surface area contributed by atoms with E-state index in [1.807, 2.05) is 29.2 Å². The van der Waals surface area contributed by atoms with Gasteiger partial charge in [0, 0.05) is 41.6 Å². The highest BCUT2D eigenvalue weighted by molar-refractivity contribution is 7.93. The van der Waals surface area contributed by atoms with Crippen LogP contribution in [0.15, 0.2) is 53.9 Å². The van der Waals surface area contributed by atoms with Gasteiger partial charge in [0.2, 0.25) is 0 Å². The topological polar surface area (TPSA) is 75.7 Å². The zero-order chi connectivity index (χ0) is 23.3. The lowest BCUT2D eigenvalue weighted by Gasteiger charge is -2.32. The molecule has 0 bridgehead atoms. The van der Waals surface area contributed by atoms with Crippen LogP contribution in [0.3, 0.4) is 0 Å². The quantitative estimate of drug-likeness (QED) is 0.673. The molecule has 0 aliphatic carbocycles. The fourth-order valence-corrected chi connectivity index (χ4v) is 4.33. The summed E-state index contributed by atoms with van der Waals surface area (Å²) in [6.07, 6.45) is 3.17. The zero-order valence-corrected chi connectivity index (χ0v) is 19.5. The average Bonchev–Trinajstić information content (AvgIpc) is 2.98. The van der Waals surface area contributed by atoms with Crippen molar-refractivity contribution >= 4 is 33.0 Å². The molecule has 0 spiro atoms. The van der Waals surface area contributed by atoms with Crippen LogP contribution in [0.5, 0.6) is 0 Å². The van der Waals surface area contributed by atoms with Crippen LogP contribution in [-0.4, -0.2) is 46.4 Å². The number of rotatable bonds is 6. The van der Waals surface area contributed by atoms with Crippen LogP contribution in [0.25, 0.3) is 0 Å². The second-order valence-corrected chi connectivity index (χ2v) is 10.1. The molecule has 0 aromatic heterocycles. The Kier molecular flexibility index (Phi) is 7.92. The highest BCUT2D eigenvalue weighted by atomic mass is 35.5. The van der Waals surface area contributed by atoms with Crippen LogP contribution in [0.1, 0.15) is 35.3 Å². The number of nitrogens with one attached hydrogen (secondary N) is 1. The van der Waals surface area contributed by atoms with Crippen molar-refractivity contribution in [2.24, 2.45) is 0 Å². The minimum absolute atomic E-state index is 0.117. The van der Waals surface area contributed by atoms with Crippen molar-refractivity contribution in [3.63, 3.8) is 0 Å². The molecule has 0 radical (unpaired) electrons. The maximum absolute atomic E-state index is 14.9. The first-order chi connectivity index (χ1) is 15.2. The minimum atomic E-state index is -3.31. The van der Waals surface area contributed by atoms with Gasteiger partial charge in [0.1, 0.15) is 5.82 Å². The summed E-state index contributed by atoms with van der Waals surface area (Å²) in [6.45, 7) is 3.27.